The van der Waals surface area contributed by atoms with Crippen LogP contribution in [0.25, 0.3) is 0 Å². The molecule has 1 heterocycles. The number of nitrogens with zero attached hydrogens (tertiary/aromatic N) is 3. The van der Waals surface area contributed by atoms with Crippen LogP contribution in [0.2, 0.25) is 0 Å². The molecule has 0 radical (unpaired) electrons. The molecule has 8 heteroatoms. The second-order valence-electron chi connectivity index (χ2n) is 8.56. The van der Waals surface area contributed by atoms with Gasteiger partial charge in [0.2, 0.25) is 0 Å². The van der Waals surface area contributed by atoms with Crippen molar-refractivity contribution in [3.8, 4) is 0 Å². The molecule has 170 valence electrons. The molecule has 1 fully saturated rings. The normalized spacial score (nSPS) is 15.3. The first-order valence-electron chi connectivity index (χ1n) is 10.5. The number of halogens is 1. The number of benzene rings is 1. The number of hydrogen-bond donors (Lipinski definition) is 2. The maximum absolute atomic E-state index is 12.0. The highest BCUT2D eigenvalue weighted by atomic mass is 127. The van der Waals surface area contributed by atoms with Gasteiger partial charge in [-0.1, -0.05) is 12.1 Å². The van der Waals surface area contributed by atoms with Gasteiger partial charge in [-0.15, -0.1) is 24.0 Å². The van der Waals surface area contributed by atoms with Crippen LogP contribution < -0.4 is 15.5 Å². The third kappa shape index (κ3) is 8.57. The fourth-order valence-corrected chi connectivity index (χ4v) is 3.22. The second-order valence-corrected chi connectivity index (χ2v) is 8.56. The maximum Gasteiger partial charge on any atom is 0.410 e. The summed E-state index contributed by atoms with van der Waals surface area (Å²) in [6.07, 6.45) is 2.22. The quantitative estimate of drug-likeness (QED) is 0.330. The molecule has 1 aliphatic rings. The zero-order chi connectivity index (χ0) is 21.4. The molecule has 1 unspecified atom stereocenters. The molecule has 0 aliphatic carbocycles. The Morgan fingerprint density at radius 2 is 1.97 bits per heavy atom. The summed E-state index contributed by atoms with van der Waals surface area (Å²) in [6, 6.07) is 8.81. The Morgan fingerprint density at radius 1 is 1.30 bits per heavy atom. The highest BCUT2D eigenvalue weighted by Gasteiger charge is 2.19. The standard InChI is InChI=1S/C22H37N5O2.HI/c1-17(18-10-9-11-19(16-18)27-13-7-8-14-27)25-20(23-5)24-12-15-26(6)21(28)29-22(2,3)4;/h9-11,16-17H,7-8,12-15H2,1-6H3,(H2,23,24,25);1H. The van der Waals surface area contributed by atoms with E-state index in [-0.39, 0.29) is 36.1 Å². The van der Waals surface area contributed by atoms with Crippen molar-refractivity contribution in [3.05, 3.63) is 29.8 Å². The van der Waals surface area contributed by atoms with Crippen molar-refractivity contribution < 1.29 is 9.53 Å². The van der Waals surface area contributed by atoms with Crippen molar-refractivity contribution in [2.24, 2.45) is 4.99 Å². The summed E-state index contributed by atoms with van der Waals surface area (Å²) >= 11 is 0. The Labute approximate surface area is 198 Å². The lowest BCUT2D eigenvalue weighted by atomic mass is 10.1. The topological polar surface area (TPSA) is 69.2 Å². The fourth-order valence-electron chi connectivity index (χ4n) is 3.22. The summed E-state index contributed by atoms with van der Waals surface area (Å²) in [7, 11) is 3.48. The van der Waals surface area contributed by atoms with Crippen LogP contribution in [-0.2, 0) is 4.74 Å². The van der Waals surface area contributed by atoms with E-state index in [1.165, 1.54) is 24.1 Å². The van der Waals surface area contributed by atoms with E-state index >= 15 is 0 Å². The van der Waals surface area contributed by atoms with Crippen LogP contribution in [0.15, 0.2) is 29.3 Å². The number of nitrogens with one attached hydrogen (secondary N) is 2. The summed E-state index contributed by atoms with van der Waals surface area (Å²) < 4.78 is 5.37. The molecule has 1 amide bonds. The SMILES string of the molecule is CN=C(NCCN(C)C(=O)OC(C)(C)C)NC(C)c1cccc(N2CCCC2)c1.I. The Kier molecular flexibility index (Phi) is 10.7. The van der Waals surface area contributed by atoms with Gasteiger partial charge in [-0.05, 0) is 58.2 Å². The van der Waals surface area contributed by atoms with E-state index in [9.17, 15) is 4.79 Å². The minimum absolute atomic E-state index is 0. The monoisotopic (exact) mass is 531 g/mol. The third-order valence-corrected chi connectivity index (χ3v) is 4.86. The second kappa shape index (κ2) is 12.2. The average molecular weight is 531 g/mol. The number of guanidine groups is 1. The molecule has 1 saturated heterocycles. The van der Waals surface area contributed by atoms with E-state index in [0.717, 1.165) is 13.1 Å². The van der Waals surface area contributed by atoms with Crippen LogP contribution >= 0.6 is 24.0 Å². The lowest BCUT2D eigenvalue weighted by Gasteiger charge is -2.25. The molecule has 2 rings (SSSR count). The molecular formula is C22H38IN5O2. The van der Waals surface area contributed by atoms with Gasteiger partial charge in [0.15, 0.2) is 5.96 Å². The number of carbonyl (C=O) groups excluding carboxylic acids is 1. The first kappa shape index (κ1) is 26.3. The van der Waals surface area contributed by atoms with E-state index in [2.05, 4.69) is 51.7 Å². The van der Waals surface area contributed by atoms with E-state index in [0.29, 0.717) is 19.0 Å². The van der Waals surface area contributed by atoms with Crippen molar-refractivity contribution in [2.45, 2.75) is 52.2 Å². The molecule has 2 N–H and O–H groups in total. The van der Waals surface area contributed by atoms with Crippen LogP contribution in [0.5, 0.6) is 0 Å². The van der Waals surface area contributed by atoms with Gasteiger partial charge in [0, 0.05) is 46.0 Å². The van der Waals surface area contributed by atoms with E-state index in [1.54, 1.807) is 19.0 Å². The molecule has 0 saturated carbocycles. The summed E-state index contributed by atoms with van der Waals surface area (Å²) in [5, 5.41) is 6.70. The number of anilines is 1. The average Bonchev–Trinajstić information content (AvgIpc) is 3.20. The van der Waals surface area contributed by atoms with Crippen molar-refractivity contribution in [3.63, 3.8) is 0 Å². The number of ether oxygens (including phenoxy) is 1. The minimum atomic E-state index is -0.491. The van der Waals surface area contributed by atoms with Gasteiger partial charge in [0.25, 0.3) is 0 Å². The van der Waals surface area contributed by atoms with Crippen molar-refractivity contribution in [1.29, 1.82) is 0 Å². The lowest BCUT2D eigenvalue weighted by Crippen LogP contribution is -2.43. The van der Waals surface area contributed by atoms with Crippen molar-refractivity contribution in [1.82, 2.24) is 15.5 Å². The first-order valence-corrected chi connectivity index (χ1v) is 10.5. The molecule has 1 aliphatic heterocycles. The Balaban J connectivity index is 0.00000450. The number of hydrogen-bond acceptors (Lipinski definition) is 4. The van der Waals surface area contributed by atoms with Gasteiger partial charge in [-0.3, -0.25) is 4.99 Å². The van der Waals surface area contributed by atoms with Gasteiger partial charge in [0.1, 0.15) is 5.60 Å². The van der Waals surface area contributed by atoms with Gasteiger partial charge in [0.05, 0.1) is 6.04 Å². The van der Waals surface area contributed by atoms with Gasteiger partial charge in [-0.2, -0.15) is 0 Å². The molecule has 0 aromatic heterocycles. The van der Waals surface area contributed by atoms with Crippen LogP contribution in [0, 0.1) is 0 Å². The Hall–Kier alpha value is -1.71. The number of likely N-dealkylation sites (N-methyl/N-ethyl adjacent to an activating group) is 1. The smallest absolute Gasteiger partial charge is 0.410 e. The van der Waals surface area contributed by atoms with Gasteiger partial charge >= 0.3 is 6.09 Å². The van der Waals surface area contributed by atoms with E-state index < -0.39 is 5.60 Å². The molecule has 30 heavy (non-hydrogen) atoms. The Morgan fingerprint density at radius 3 is 2.57 bits per heavy atom. The molecule has 7 nitrogen and oxygen atoms in total. The number of rotatable bonds is 6. The molecule has 0 bridgehead atoms. The largest absolute Gasteiger partial charge is 0.444 e. The predicted octanol–water partition coefficient (Wildman–Crippen LogP) is 4.00. The highest BCUT2D eigenvalue weighted by Crippen LogP contribution is 2.23. The summed E-state index contributed by atoms with van der Waals surface area (Å²) in [6.45, 7) is 11.1. The van der Waals surface area contributed by atoms with Crippen LogP contribution in [0.4, 0.5) is 10.5 Å². The fraction of sp³-hybridized carbons (Fsp3) is 0.636. The summed E-state index contributed by atoms with van der Waals surface area (Å²) in [4.78, 5) is 20.3. The number of carbonyl (C=O) groups is 1. The Bertz CT molecular complexity index is 699. The predicted molar refractivity (Wildman–Crippen MR) is 135 cm³/mol. The van der Waals surface area contributed by atoms with Crippen molar-refractivity contribution >= 4 is 41.7 Å². The molecule has 1 aromatic carbocycles. The number of amides is 1. The van der Waals surface area contributed by atoms with Gasteiger partial charge < -0.3 is 25.2 Å². The number of aliphatic imine (C=N–C) groups is 1. The highest BCUT2D eigenvalue weighted by molar-refractivity contribution is 14.0. The minimum Gasteiger partial charge on any atom is -0.444 e. The zero-order valence-corrected chi connectivity index (χ0v) is 21.5. The third-order valence-electron chi connectivity index (χ3n) is 4.86. The van der Waals surface area contributed by atoms with Crippen molar-refractivity contribution in [2.75, 3.05) is 45.2 Å². The van der Waals surface area contributed by atoms with Crippen LogP contribution in [0.1, 0.15) is 52.1 Å². The summed E-state index contributed by atoms with van der Waals surface area (Å²) in [5.41, 5.74) is 2.02. The van der Waals surface area contributed by atoms with E-state index in [1.807, 2.05) is 20.8 Å². The molecule has 1 aromatic rings. The van der Waals surface area contributed by atoms with Crippen LogP contribution in [0.3, 0.4) is 0 Å². The van der Waals surface area contributed by atoms with E-state index in [4.69, 9.17) is 4.74 Å². The molecule has 1 atom stereocenters. The molecular weight excluding hydrogens is 493 g/mol. The first-order chi connectivity index (χ1) is 13.7. The van der Waals surface area contributed by atoms with Gasteiger partial charge in [-0.25, -0.2) is 4.79 Å². The molecule has 0 spiro atoms. The van der Waals surface area contributed by atoms with Crippen LogP contribution in [-0.4, -0.2) is 62.8 Å². The lowest BCUT2D eigenvalue weighted by molar-refractivity contribution is 0.0302. The maximum atomic E-state index is 12.0. The summed E-state index contributed by atoms with van der Waals surface area (Å²) in [5.74, 6) is 0.710. The zero-order valence-electron chi connectivity index (χ0n) is 19.2.